The lowest BCUT2D eigenvalue weighted by atomic mass is 9.98. The van der Waals surface area contributed by atoms with Crippen molar-refractivity contribution in [2.75, 3.05) is 0 Å². The van der Waals surface area contributed by atoms with E-state index in [4.69, 9.17) is 0 Å². The highest BCUT2D eigenvalue weighted by Crippen LogP contribution is 2.28. The highest BCUT2D eigenvalue weighted by molar-refractivity contribution is 5.09. The molecule has 1 saturated carbocycles. The molecule has 1 aliphatic rings. The summed E-state index contributed by atoms with van der Waals surface area (Å²) in [4.78, 5) is 4.12. The fourth-order valence-electron chi connectivity index (χ4n) is 2.72. The third-order valence-corrected chi connectivity index (χ3v) is 3.81. The average Bonchev–Trinajstić information content (AvgIpc) is 2.83. The molecule has 1 unspecified atom stereocenters. The van der Waals surface area contributed by atoms with Crippen LogP contribution < -0.4 is 5.32 Å². The van der Waals surface area contributed by atoms with Gasteiger partial charge in [-0.2, -0.15) is 0 Å². The first-order valence-electron chi connectivity index (χ1n) is 6.54. The molecule has 1 aromatic heterocycles. The molecule has 0 aliphatic heterocycles. The Morgan fingerprint density at radius 2 is 2.00 bits per heavy atom. The fourth-order valence-corrected chi connectivity index (χ4v) is 2.72. The first-order chi connectivity index (χ1) is 8.16. The highest BCUT2D eigenvalue weighted by Gasteiger charge is 2.22. The standard InChI is InChI=1S/C14H21FN2/c1-10(12-5-3-4-6-12)17-11(2)14-8-7-13(15)9-16-14/h7-12,17H,3-6H2,1-2H3/t10-,11?/m0/s1. The Labute approximate surface area is 103 Å². The molecule has 0 radical (unpaired) electrons. The molecule has 2 nitrogen and oxygen atoms in total. The number of nitrogens with one attached hydrogen (secondary N) is 1. The minimum absolute atomic E-state index is 0.186. The Hall–Kier alpha value is -0.960. The van der Waals surface area contributed by atoms with Crippen molar-refractivity contribution >= 4 is 0 Å². The highest BCUT2D eigenvalue weighted by atomic mass is 19.1. The molecular formula is C14H21FN2. The van der Waals surface area contributed by atoms with Crippen molar-refractivity contribution in [1.82, 2.24) is 10.3 Å². The van der Waals surface area contributed by atoms with Gasteiger partial charge in [-0.25, -0.2) is 4.39 Å². The van der Waals surface area contributed by atoms with Crippen molar-refractivity contribution in [3.05, 3.63) is 29.8 Å². The zero-order valence-corrected chi connectivity index (χ0v) is 10.6. The smallest absolute Gasteiger partial charge is 0.141 e. The van der Waals surface area contributed by atoms with Crippen LogP contribution in [0.15, 0.2) is 18.3 Å². The molecule has 0 saturated heterocycles. The molecule has 1 aliphatic carbocycles. The van der Waals surface area contributed by atoms with E-state index in [-0.39, 0.29) is 11.9 Å². The molecule has 1 N–H and O–H groups in total. The van der Waals surface area contributed by atoms with Crippen LogP contribution in [-0.2, 0) is 0 Å². The SMILES string of the molecule is CC(N[C@@H](C)C1CCCC1)c1ccc(F)cn1. The third kappa shape index (κ3) is 3.25. The summed E-state index contributed by atoms with van der Waals surface area (Å²) in [6.07, 6.45) is 6.67. The van der Waals surface area contributed by atoms with Crippen molar-refractivity contribution < 1.29 is 4.39 Å². The van der Waals surface area contributed by atoms with Gasteiger partial charge >= 0.3 is 0 Å². The number of hydrogen-bond acceptors (Lipinski definition) is 2. The molecule has 1 heterocycles. The Kier molecular flexibility index (Phi) is 4.11. The number of nitrogens with zero attached hydrogens (tertiary/aromatic N) is 1. The van der Waals surface area contributed by atoms with Gasteiger partial charge in [-0.15, -0.1) is 0 Å². The minimum atomic E-state index is -0.273. The van der Waals surface area contributed by atoms with Crippen LogP contribution in [-0.4, -0.2) is 11.0 Å². The van der Waals surface area contributed by atoms with Crippen molar-refractivity contribution in [1.29, 1.82) is 0 Å². The van der Waals surface area contributed by atoms with Gasteiger partial charge in [-0.1, -0.05) is 12.8 Å². The summed E-state index contributed by atoms with van der Waals surface area (Å²) in [5, 5.41) is 3.57. The summed E-state index contributed by atoms with van der Waals surface area (Å²) in [6.45, 7) is 4.34. The van der Waals surface area contributed by atoms with E-state index < -0.39 is 0 Å². The van der Waals surface area contributed by atoms with Gasteiger partial charge in [0.2, 0.25) is 0 Å². The molecule has 0 bridgehead atoms. The number of rotatable bonds is 4. The molecule has 94 valence electrons. The monoisotopic (exact) mass is 236 g/mol. The molecular weight excluding hydrogens is 215 g/mol. The van der Waals surface area contributed by atoms with Crippen LogP contribution >= 0.6 is 0 Å². The molecule has 1 fully saturated rings. The van der Waals surface area contributed by atoms with Crippen molar-refractivity contribution in [3.8, 4) is 0 Å². The summed E-state index contributed by atoms with van der Waals surface area (Å²) in [7, 11) is 0. The molecule has 0 amide bonds. The van der Waals surface area contributed by atoms with E-state index >= 15 is 0 Å². The molecule has 3 heteroatoms. The number of aromatic nitrogens is 1. The lowest BCUT2D eigenvalue weighted by Crippen LogP contribution is -2.34. The number of hydrogen-bond donors (Lipinski definition) is 1. The maximum absolute atomic E-state index is 12.8. The largest absolute Gasteiger partial charge is 0.306 e. The summed E-state index contributed by atoms with van der Waals surface area (Å²) < 4.78 is 12.8. The second-order valence-electron chi connectivity index (χ2n) is 5.12. The van der Waals surface area contributed by atoms with E-state index in [0.29, 0.717) is 6.04 Å². The Balaban J connectivity index is 1.91. The van der Waals surface area contributed by atoms with Crippen molar-refractivity contribution in [3.63, 3.8) is 0 Å². The molecule has 2 atom stereocenters. The van der Waals surface area contributed by atoms with Crippen LogP contribution in [0.2, 0.25) is 0 Å². The second-order valence-corrected chi connectivity index (χ2v) is 5.12. The van der Waals surface area contributed by atoms with E-state index in [1.54, 1.807) is 6.07 Å². The average molecular weight is 236 g/mol. The maximum Gasteiger partial charge on any atom is 0.141 e. The van der Waals surface area contributed by atoms with Crippen molar-refractivity contribution in [2.45, 2.75) is 51.6 Å². The zero-order chi connectivity index (χ0) is 12.3. The normalized spacial score (nSPS) is 20.4. The van der Waals surface area contributed by atoms with Crippen LogP contribution in [0.25, 0.3) is 0 Å². The van der Waals surface area contributed by atoms with E-state index in [1.165, 1.54) is 37.9 Å². The van der Waals surface area contributed by atoms with Gasteiger partial charge in [-0.05, 0) is 44.7 Å². The van der Waals surface area contributed by atoms with Gasteiger partial charge in [0.25, 0.3) is 0 Å². The van der Waals surface area contributed by atoms with Crippen LogP contribution in [0.1, 0.15) is 51.3 Å². The first-order valence-corrected chi connectivity index (χ1v) is 6.54. The molecule has 1 aromatic rings. The van der Waals surface area contributed by atoms with Crippen molar-refractivity contribution in [2.24, 2.45) is 5.92 Å². The predicted molar refractivity (Wildman–Crippen MR) is 67.2 cm³/mol. The topological polar surface area (TPSA) is 24.9 Å². The van der Waals surface area contributed by atoms with E-state index in [9.17, 15) is 4.39 Å². The van der Waals surface area contributed by atoms with Crippen LogP contribution in [0.4, 0.5) is 4.39 Å². The summed E-state index contributed by atoms with van der Waals surface area (Å²) in [6, 6.07) is 3.93. The van der Waals surface area contributed by atoms with Gasteiger partial charge in [0, 0.05) is 12.1 Å². The summed E-state index contributed by atoms with van der Waals surface area (Å²) in [5.74, 6) is 0.516. The molecule has 2 rings (SSSR count). The molecule has 17 heavy (non-hydrogen) atoms. The van der Waals surface area contributed by atoms with Gasteiger partial charge in [-0.3, -0.25) is 4.98 Å². The Bertz CT molecular complexity index is 344. The number of pyridine rings is 1. The van der Waals surface area contributed by atoms with Gasteiger partial charge in [0.05, 0.1) is 11.9 Å². The molecule has 0 spiro atoms. The van der Waals surface area contributed by atoms with Gasteiger partial charge in [0.15, 0.2) is 0 Å². The van der Waals surface area contributed by atoms with Crippen LogP contribution in [0, 0.1) is 11.7 Å². The van der Waals surface area contributed by atoms with E-state index in [2.05, 4.69) is 24.1 Å². The summed E-state index contributed by atoms with van der Waals surface area (Å²) in [5.41, 5.74) is 0.913. The van der Waals surface area contributed by atoms with E-state index in [1.807, 2.05) is 0 Å². The second kappa shape index (κ2) is 5.58. The van der Waals surface area contributed by atoms with Gasteiger partial charge in [0.1, 0.15) is 5.82 Å². The molecule has 0 aromatic carbocycles. The quantitative estimate of drug-likeness (QED) is 0.866. The maximum atomic E-state index is 12.8. The van der Waals surface area contributed by atoms with E-state index in [0.717, 1.165) is 11.6 Å². The first kappa shape index (κ1) is 12.5. The number of halogens is 1. The Morgan fingerprint density at radius 3 is 2.59 bits per heavy atom. The Morgan fingerprint density at radius 1 is 1.29 bits per heavy atom. The lowest BCUT2D eigenvalue weighted by molar-refractivity contribution is 0.350. The zero-order valence-electron chi connectivity index (χ0n) is 10.6. The fraction of sp³-hybridized carbons (Fsp3) is 0.643. The van der Waals surface area contributed by atoms with Gasteiger partial charge < -0.3 is 5.32 Å². The van der Waals surface area contributed by atoms with Crippen LogP contribution in [0.5, 0.6) is 0 Å². The lowest BCUT2D eigenvalue weighted by Gasteiger charge is -2.24. The predicted octanol–water partition coefficient (Wildman–Crippen LogP) is 3.45. The summed E-state index contributed by atoms with van der Waals surface area (Å²) >= 11 is 0. The third-order valence-electron chi connectivity index (χ3n) is 3.81. The van der Waals surface area contributed by atoms with Crippen LogP contribution in [0.3, 0.4) is 0 Å². The minimum Gasteiger partial charge on any atom is -0.306 e.